The Morgan fingerprint density at radius 1 is 1.33 bits per heavy atom. The van der Waals surface area contributed by atoms with E-state index in [2.05, 4.69) is 15.5 Å². The number of nitrogens with zero attached hydrogens (tertiary/aromatic N) is 2. The summed E-state index contributed by atoms with van der Waals surface area (Å²) in [5.41, 5.74) is 0.873. The van der Waals surface area contributed by atoms with E-state index >= 15 is 0 Å². The second kappa shape index (κ2) is 7.29. The molecule has 0 aliphatic rings. The summed E-state index contributed by atoms with van der Waals surface area (Å²) in [4.78, 5) is 13.3. The molecule has 2 heterocycles. The molecule has 3 rings (SSSR count). The van der Waals surface area contributed by atoms with Gasteiger partial charge in [0.2, 0.25) is 5.13 Å². The molecule has 1 atom stereocenters. The zero-order chi connectivity index (χ0) is 17.1. The quantitative estimate of drug-likeness (QED) is 0.701. The number of hydrogen-bond acceptors (Lipinski definition) is 6. The minimum absolute atomic E-state index is 0.279. The van der Waals surface area contributed by atoms with Gasteiger partial charge in [-0.05, 0) is 49.1 Å². The number of thiophene rings is 1. The molecule has 0 saturated heterocycles. The fraction of sp³-hybridized carbons (Fsp3) is 0.188. The number of halogens is 1. The molecule has 0 bridgehead atoms. The van der Waals surface area contributed by atoms with Crippen molar-refractivity contribution < 1.29 is 9.53 Å². The van der Waals surface area contributed by atoms with Gasteiger partial charge < -0.3 is 4.74 Å². The van der Waals surface area contributed by atoms with Crippen LogP contribution in [0.15, 0.2) is 35.7 Å². The van der Waals surface area contributed by atoms with Crippen LogP contribution in [-0.4, -0.2) is 22.2 Å². The van der Waals surface area contributed by atoms with Crippen molar-refractivity contribution in [3.05, 3.63) is 46.3 Å². The van der Waals surface area contributed by atoms with Crippen LogP contribution in [0, 0.1) is 6.92 Å². The smallest absolute Gasteiger partial charge is 0.266 e. The van der Waals surface area contributed by atoms with Crippen LogP contribution in [0.1, 0.15) is 12.5 Å². The van der Waals surface area contributed by atoms with Gasteiger partial charge in [-0.25, -0.2) is 0 Å². The number of ether oxygens (including phenoxy) is 1. The van der Waals surface area contributed by atoms with Crippen molar-refractivity contribution in [3.8, 4) is 15.6 Å². The zero-order valence-electron chi connectivity index (χ0n) is 12.9. The maximum atomic E-state index is 12.3. The standard InChI is InChI=1S/C16H14ClN3O2S2/c1-9-8-11(17)5-6-12(9)22-10(2)14(21)18-16-20-19-15(24-16)13-4-3-7-23-13/h3-8,10H,1-2H3,(H,18,20,21). The molecule has 5 nitrogen and oxygen atoms in total. The molecule has 124 valence electrons. The first-order valence-corrected chi connectivity index (χ1v) is 9.21. The van der Waals surface area contributed by atoms with Crippen molar-refractivity contribution in [1.29, 1.82) is 0 Å². The summed E-state index contributed by atoms with van der Waals surface area (Å²) in [5, 5.41) is 14.7. The fourth-order valence-corrected chi connectivity index (χ4v) is 3.73. The van der Waals surface area contributed by atoms with E-state index in [4.69, 9.17) is 16.3 Å². The second-order valence-corrected chi connectivity index (χ2v) is 7.41. The SMILES string of the molecule is Cc1cc(Cl)ccc1OC(C)C(=O)Nc1nnc(-c2cccs2)s1. The Morgan fingerprint density at radius 3 is 2.88 bits per heavy atom. The lowest BCUT2D eigenvalue weighted by atomic mass is 10.2. The van der Waals surface area contributed by atoms with Crippen LogP contribution >= 0.6 is 34.3 Å². The molecule has 24 heavy (non-hydrogen) atoms. The summed E-state index contributed by atoms with van der Waals surface area (Å²) in [6.45, 7) is 3.56. The third-order valence-electron chi connectivity index (χ3n) is 3.20. The maximum Gasteiger partial charge on any atom is 0.266 e. The molecule has 1 amide bonds. The third kappa shape index (κ3) is 3.92. The Kier molecular flexibility index (Phi) is 5.13. The van der Waals surface area contributed by atoms with E-state index in [1.165, 1.54) is 11.3 Å². The largest absolute Gasteiger partial charge is 0.481 e. The number of benzene rings is 1. The molecule has 0 aliphatic heterocycles. The molecular weight excluding hydrogens is 366 g/mol. The Balaban J connectivity index is 1.64. The highest BCUT2D eigenvalue weighted by Gasteiger charge is 2.18. The van der Waals surface area contributed by atoms with Crippen LogP contribution in [0.25, 0.3) is 9.88 Å². The van der Waals surface area contributed by atoms with E-state index in [9.17, 15) is 4.79 Å². The van der Waals surface area contributed by atoms with Crippen molar-refractivity contribution in [2.75, 3.05) is 5.32 Å². The lowest BCUT2D eigenvalue weighted by Crippen LogP contribution is -2.30. The normalized spacial score (nSPS) is 12.0. The number of rotatable bonds is 5. The number of carbonyl (C=O) groups excluding carboxylic acids is 1. The number of nitrogens with one attached hydrogen (secondary N) is 1. The topological polar surface area (TPSA) is 64.1 Å². The lowest BCUT2D eigenvalue weighted by molar-refractivity contribution is -0.122. The molecular formula is C16H14ClN3O2S2. The molecule has 1 unspecified atom stereocenters. The van der Waals surface area contributed by atoms with Gasteiger partial charge in [-0.3, -0.25) is 10.1 Å². The van der Waals surface area contributed by atoms with Gasteiger partial charge in [0.15, 0.2) is 11.1 Å². The number of amides is 1. The molecule has 0 fully saturated rings. The van der Waals surface area contributed by atoms with Crippen molar-refractivity contribution >= 4 is 45.3 Å². The van der Waals surface area contributed by atoms with E-state index in [-0.39, 0.29) is 5.91 Å². The van der Waals surface area contributed by atoms with Gasteiger partial charge in [0, 0.05) is 5.02 Å². The second-order valence-electron chi connectivity index (χ2n) is 5.05. The molecule has 0 radical (unpaired) electrons. The van der Waals surface area contributed by atoms with E-state index in [0.717, 1.165) is 15.4 Å². The van der Waals surface area contributed by atoms with E-state index in [1.54, 1.807) is 36.5 Å². The van der Waals surface area contributed by atoms with Crippen LogP contribution in [0.2, 0.25) is 5.02 Å². The number of aromatic nitrogens is 2. The highest BCUT2D eigenvalue weighted by molar-refractivity contribution is 7.23. The summed E-state index contributed by atoms with van der Waals surface area (Å²) < 4.78 is 5.70. The van der Waals surface area contributed by atoms with Gasteiger partial charge in [-0.1, -0.05) is 29.0 Å². The van der Waals surface area contributed by atoms with E-state index in [0.29, 0.717) is 15.9 Å². The van der Waals surface area contributed by atoms with E-state index in [1.807, 2.05) is 24.4 Å². The Labute approximate surface area is 152 Å². The van der Waals surface area contributed by atoms with Crippen LogP contribution in [0.3, 0.4) is 0 Å². The lowest BCUT2D eigenvalue weighted by Gasteiger charge is -2.15. The van der Waals surface area contributed by atoms with Gasteiger partial charge in [-0.2, -0.15) is 0 Å². The first kappa shape index (κ1) is 16.9. The van der Waals surface area contributed by atoms with Gasteiger partial charge >= 0.3 is 0 Å². The van der Waals surface area contributed by atoms with Crippen LogP contribution in [0.5, 0.6) is 5.75 Å². The molecule has 0 saturated carbocycles. The molecule has 1 aromatic carbocycles. The Morgan fingerprint density at radius 2 is 2.17 bits per heavy atom. The molecule has 8 heteroatoms. The monoisotopic (exact) mass is 379 g/mol. The summed E-state index contributed by atoms with van der Waals surface area (Å²) in [6, 6.07) is 9.18. The number of carbonyl (C=O) groups is 1. The Bertz CT molecular complexity index is 849. The van der Waals surface area contributed by atoms with Crippen molar-refractivity contribution in [2.45, 2.75) is 20.0 Å². The molecule has 0 spiro atoms. The molecule has 0 aliphatic carbocycles. The maximum absolute atomic E-state index is 12.3. The van der Waals surface area contributed by atoms with Gasteiger partial charge in [0.05, 0.1) is 4.88 Å². The highest BCUT2D eigenvalue weighted by Crippen LogP contribution is 2.30. The van der Waals surface area contributed by atoms with Crippen LogP contribution < -0.4 is 10.1 Å². The zero-order valence-corrected chi connectivity index (χ0v) is 15.3. The molecule has 3 aromatic rings. The first-order chi connectivity index (χ1) is 11.5. The minimum atomic E-state index is -0.668. The summed E-state index contributed by atoms with van der Waals surface area (Å²) in [5.74, 6) is 0.344. The van der Waals surface area contributed by atoms with Gasteiger partial charge in [0.25, 0.3) is 5.91 Å². The Hall–Kier alpha value is -1.96. The first-order valence-electron chi connectivity index (χ1n) is 7.14. The van der Waals surface area contributed by atoms with E-state index < -0.39 is 6.10 Å². The summed E-state index contributed by atoms with van der Waals surface area (Å²) in [7, 11) is 0. The van der Waals surface area contributed by atoms with Crippen molar-refractivity contribution in [2.24, 2.45) is 0 Å². The predicted octanol–water partition coefficient (Wildman–Crippen LogP) is 4.63. The van der Waals surface area contributed by atoms with Crippen molar-refractivity contribution in [3.63, 3.8) is 0 Å². The summed E-state index contributed by atoms with van der Waals surface area (Å²) >= 11 is 8.83. The predicted molar refractivity (Wildman–Crippen MR) is 98.1 cm³/mol. The summed E-state index contributed by atoms with van der Waals surface area (Å²) in [6.07, 6.45) is -0.668. The van der Waals surface area contributed by atoms with Crippen LogP contribution in [0.4, 0.5) is 5.13 Å². The number of aryl methyl sites for hydroxylation is 1. The minimum Gasteiger partial charge on any atom is -0.481 e. The average Bonchev–Trinajstić information content (AvgIpc) is 3.20. The van der Waals surface area contributed by atoms with Gasteiger partial charge in [-0.15, -0.1) is 21.5 Å². The number of hydrogen-bond donors (Lipinski definition) is 1. The number of anilines is 1. The molecule has 1 N–H and O–H groups in total. The average molecular weight is 380 g/mol. The molecule has 2 aromatic heterocycles. The third-order valence-corrected chi connectivity index (χ3v) is 5.31. The fourth-order valence-electron chi connectivity index (χ4n) is 1.97. The van der Waals surface area contributed by atoms with Crippen molar-refractivity contribution in [1.82, 2.24) is 10.2 Å². The van der Waals surface area contributed by atoms with Crippen LogP contribution in [-0.2, 0) is 4.79 Å². The van der Waals surface area contributed by atoms with Gasteiger partial charge in [0.1, 0.15) is 5.75 Å². The highest BCUT2D eigenvalue weighted by atomic mass is 35.5.